The second kappa shape index (κ2) is 7.04. The quantitative estimate of drug-likeness (QED) is 0.726. The van der Waals surface area contributed by atoms with E-state index >= 15 is 0 Å². The molecule has 2 aliphatic rings. The normalized spacial score (nSPS) is 24.6. The van der Waals surface area contributed by atoms with Crippen molar-refractivity contribution in [3.63, 3.8) is 0 Å². The first kappa shape index (κ1) is 17.0. The molecule has 26 heavy (non-hydrogen) atoms. The largest absolute Gasteiger partial charge is 0.347 e. The molecule has 0 bridgehead atoms. The summed E-state index contributed by atoms with van der Waals surface area (Å²) in [5.41, 5.74) is 1.97. The van der Waals surface area contributed by atoms with E-state index in [4.69, 9.17) is 9.98 Å². The maximum atomic E-state index is 4.91. The van der Waals surface area contributed by atoms with Gasteiger partial charge in [0.05, 0.1) is 0 Å². The number of halogens is 1. The van der Waals surface area contributed by atoms with Crippen LogP contribution in [0, 0.1) is 5.41 Å². The van der Waals surface area contributed by atoms with Crippen LogP contribution in [0.5, 0.6) is 0 Å². The van der Waals surface area contributed by atoms with Crippen LogP contribution in [-0.2, 0) is 0 Å². The molecular weight excluding hydrogens is 386 g/mol. The third kappa shape index (κ3) is 3.29. The number of allylic oxidation sites excluding steroid dienone is 3. The molecule has 0 saturated heterocycles. The minimum Gasteiger partial charge on any atom is -0.347 e. The fraction of sp³-hybridized carbons (Fsp3) is 0.182. The van der Waals surface area contributed by atoms with Crippen LogP contribution in [0.3, 0.4) is 0 Å². The van der Waals surface area contributed by atoms with E-state index in [1.807, 2.05) is 36.4 Å². The molecular formula is C22H20BrN3. The first-order chi connectivity index (χ1) is 12.7. The van der Waals surface area contributed by atoms with Crippen LogP contribution >= 0.6 is 15.9 Å². The highest BCUT2D eigenvalue weighted by molar-refractivity contribution is 9.10. The highest BCUT2D eigenvalue weighted by Crippen LogP contribution is 2.33. The lowest BCUT2D eigenvalue weighted by atomic mass is 9.82. The molecule has 2 aromatic carbocycles. The molecule has 4 rings (SSSR count). The molecule has 0 radical (unpaired) electrons. The van der Waals surface area contributed by atoms with Crippen molar-refractivity contribution in [2.24, 2.45) is 15.4 Å². The van der Waals surface area contributed by atoms with Crippen molar-refractivity contribution >= 4 is 27.6 Å². The molecule has 0 amide bonds. The maximum absolute atomic E-state index is 4.91. The Morgan fingerprint density at radius 1 is 1.04 bits per heavy atom. The predicted octanol–water partition coefficient (Wildman–Crippen LogP) is 5.42. The zero-order valence-corrected chi connectivity index (χ0v) is 16.1. The van der Waals surface area contributed by atoms with Crippen LogP contribution in [-0.4, -0.2) is 11.7 Å². The minimum atomic E-state index is -0.176. The molecule has 0 aromatic heterocycles. The van der Waals surface area contributed by atoms with Gasteiger partial charge >= 0.3 is 0 Å². The van der Waals surface area contributed by atoms with E-state index in [0.29, 0.717) is 0 Å². The van der Waals surface area contributed by atoms with Crippen molar-refractivity contribution in [3.8, 4) is 0 Å². The van der Waals surface area contributed by atoms with Crippen LogP contribution in [0.15, 0.2) is 93.4 Å². The number of nitrogens with one attached hydrogen (secondary N) is 1. The molecule has 2 unspecified atom stereocenters. The van der Waals surface area contributed by atoms with Gasteiger partial charge in [0.2, 0.25) is 0 Å². The number of hydrogen-bond donors (Lipinski definition) is 1. The molecule has 130 valence electrons. The SMILES string of the molecule is CC1(C2=NC(c3ccccc3)=NC(c3ccccc3Br)N2)C=CC=CC1. The molecule has 0 spiro atoms. The summed E-state index contributed by atoms with van der Waals surface area (Å²) in [5.74, 6) is 1.72. The fourth-order valence-electron chi connectivity index (χ4n) is 3.22. The second-order valence-electron chi connectivity index (χ2n) is 6.76. The van der Waals surface area contributed by atoms with Crippen LogP contribution < -0.4 is 5.32 Å². The van der Waals surface area contributed by atoms with E-state index in [-0.39, 0.29) is 11.6 Å². The first-order valence-electron chi connectivity index (χ1n) is 8.73. The monoisotopic (exact) mass is 405 g/mol. The van der Waals surface area contributed by atoms with Gasteiger partial charge in [-0.3, -0.25) is 0 Å². The summed E-state index contributed by atoms with van der Waals surface area (Å²) in [7, 11) is 0. The Labute approximate surface area is 162 Å². The topological polar surface area (TPSA) is 36.8 Å². The van der Waals surface area contributed by atoms with E-state index in [9.17, 15) is 0 Å². The van der Waals surface area contributed by atoms with Gasteiger partial charge in [-0.05, 0) is 19.4 Å². The average Bonchev–Trinajstić information content (AvgIpc) is 2.69. The molecule has 0 fully saturated rings. The predicted molar refractivity (Wildman–Crippen MR) is 111 cm³/mol. The van der Waals surface area contributed by atoms with E-state index < -0.39 is 0 Å². The summed E-state index contributed by atoms with van der Waals surface area (Å²) in [5, 5.41) is 3.57. The van der Waals surface area contributed by atoms with Crippen molar-refractivity contribution in [3.05, 3.63) is 94.5 Å². The lowest BCUT2D eigenvalue weighted by Gasteiger charge is -2.34. The molecule has 2 atom stereocenters. The van der Waals surface area contributed by atoms with Crippen molar-refractivity contribution in [2.75, 3.05) is 0 Å². The number of benzene rings is 2. The average molecular weight is 406 g/mol. The summed E-state index contributed by atoms with van der Waals surface area (Å²) in [4.78, 5) is 9.81. The van der Waals surface area contributed by atoms with Gasteiger partial charge in [0.15, 0.2) is 5.84 Å². The van der Waals surface area contributed by atoms with Gasteiger partial charge in [0, 0.05) is 21.0 Å². The molecule has 1 N–H and O–H groups in total. The Bertz CT molecular complexity index is 927. The molecule has 1 aliphatic heterocycles. The number of aliphatic imine (C=N–C) groups is 2. The Morgan fingerprint density at radius 3 is 2.54 bits per heavy atom. The third-order valence-electron chi connectivity index (χ3n) is 4.77. The lowest BCUT2D eigenvalue weighted by molar-refractivity contribution is 0.542. The van der Waals surface area contributed by atoms with Gasteiger partial charge in [-0.25, -0.2) is 9.98 Å². The Hall–Kier alpha value is -2.46. The van der Waals surface area contributed by atoms with Gasteiger partial charge in [-0.1, -0.05) is 88.8 Å². The standard InChI is InChI=1S/C22H20BrN3/c1-22(14-8-3-9-15-22)21-25-19(16-10-4-2-5-11-16)24-20(26-21)17-12-6-7-13-18(17)23/h2-14,20H,15H2,1H3,(H,24,25,26). The fourth-order valence-corrected chi connectivity index (χ4v) is 3.72. The van der Waals surface area contributed by atoms with Crippen molar-refractivity contribution in [2.45, 2.75) is 19.5 Å². The summed E-state index contributed by atoms with van der Waals surface area (Å²) >= 11 is 3.66. The Morgan fingerprint density at radius 2 is 1.81 bits per heavy atom. The van der Waals surface area contributed by atoms with Gasteiger partial charge in [0.1, 0.15) is 12.0 Å². The van der Waals surface area contributed by atoms with E-state index in [1.54, 1.807) is 0 Å². The van der Waals surface area contributed by atoms with Gasteiger partial charge in [-0.2, -0.15) is 0 Å². The van der Waals surface area contributed by atoms with Gasteiger partial charge in [0.25, 0.3) is 0 Å². The number of rotatable bonds is 3. The van der Waals surface area contributed by atoms with Crippen molar-refractivity contribution in [1.29, 1.82) is 0 Å². The molecule has 0 saturated carbocycles. The van der Waals surface area contributed by atoms with Gasteiger partial charge < -0.3 is 5.32 Å². The van der Waals surface area contributed by atoms with Crippen molar-refractivity contribution in [1.82, 2.24) is 5.32 Å². The van der Waals surface area contributed by atoms with Crippen LogP contribution in [0.1, 0.15) is 30.6 Å². The van der Waals surface area contributed by atoms with E-state index in [0.717, 1.165) is 33.7 Å². The number of hydrogen-bond acceptors (Lipinski definition) is 3. The van der Waals surface area contributed by atoms with Crippen LogP contribution in [0.2, 0.25) is 0 Å². The summed E-state index contributed by atoms with van der Waals surface area (Å²) in [6, 6.07) is 18.4. The van der Waals surface area contributed by atoms with Crippen molar-refractivity contribution < 1.29 is 0 Å². The van der Waals surface area contributed by atoms with Gasteiger partial charge in [-0.15, -0.1) is 0 Å². The van der Waals surface area contributed by atoms with Crippen LogP contribution in [0.4, 0.5) is 0 Å². The molecule has 2 aromatic rings. The molecule has 4 heteroatoms. The zero-order chi connectivity index (χ0) is 18.0. The second-order valence-corrected chi connectivity index (χ2v) is 7.61. The minimum absolute atomic E-state index is 0.162. The maximum Gasteiger partial charge on any atom is 0.159 e. The molecule has 3 nitrogen and oxygen atoms in total. The molecule has 1 aliphatic carbocycles. The lowest BCUT2D eigenvalue weighted by Crippen LogP contribution is -2.43. The third-order valence-corrected chi connectivity index (χ3v) is 5.49. The zero-order valence-electron chi connectivity index (χ0n) is 14.6. The number of amidine groups is 2. The summed E-state index contributed by atoms with van der Waals surface area (Å²) in [6.45, 7) is 2.21. The summed E-state index contributed by atoms with van der Waals surface area (Å²) < 4.78 is 1.04. The van der Waals surface area contributed by atoms with E-state index in [2.05, 4.69) is 70.7 Å². The Balaban J connectivity index is 1.80. The number of nitrogens with zero attached hydrogens (tertiary/aromatic N) is 2. The molecule has 1 heterocycles. The van der Waals surface area contributed by atoms with Crippen LogP contribution in [0.25, 0.3) is 0 Å². The smallest absolute Gasteiger partial charge is 0.159 e. The Kier molecular flexibility index (Phi) is 4.60. The van der Waals surface area contributed by atoms with E-state index in [1.165, 1.54) is 0 Å². The highest BCUT2D eigenvalue weighted by atomic mass is 79.9. The summed E-state index contributed by atoms with van der Waals surface area (Å²) in [6.07, 6.45) is 9.32. The first-order valence-corrected chi connectivity index (χ1v) is 9.53. The highest BCUT2D eigenvalue weighted by Gasteiger charge is 2.33.